The first kappa shape index (κ1) is 18.7. The number of aromatic nitrogens is 1. The van der Waals surface area contributed by atoms with E-state index in [-0.39, 0.29) is 30.2 Å². The van der Waals surface area contributed by atoms with Gasteiger partial charge < -0.3 is 23.7 Å². The lowest BCUT2D eigenvalue weighted by Crippen LogP contribution is -2.38. The van der Waals surface area contributed by atoms with E-state index >= 15 is 0 Å². The molecule has 1 aliphatic heterocycles. The molecule has 1 aromatic heterocycles. The van der Waals surface area contributed by atoms with Crippen LogP contribution >= 0.6 is 0 Å². The van der Waals surface area contributed by atoms with Crippen LogP contribution in [0.5, 0.6) is 0 Å². The second-order valence-electron chi connectivity index (χ2n) is 6.15. The van der Waals surface area contributed by atoms with Gasteiger partial charge in [-0.15, -0.1) is 0 Å². The van der Waals surface area contributed by atoms with Gasteiger partial charge in [0, 0.05) is 23.7 Å². The maximum atomic E-state index is 12.4. The highest BCUT2D eigenvalue weighted by Gasteiger charge is 2.32. The summed E-state index contributed by atoms with van der Waals surface area (Å²) in [6, 6.07) is 7.15. The van der Waals surface area contributed by atoms with E-state index in [1.165, 1.54) is 14.2 Å². The van der Waals surface area contributed by atoms with Crippen LogP contribution in [-0.4, -0.2) is 44.1 Å². The molecule has 0 fully saturated rings. The summed E-state index contributed by atoms with van der Waals surface area (Å²) >= 11 is 0. The molecule has 3 rings (SSSR count). The second-order valence-corrected chi connectivity index (χ2v) is 6.15. The molecule has 2 aromatic rings. The van der Waals surface area contributed by atoms with E-state index in [2.05, 4.69) is 0 Å². The number of fused-ring (bicyclic) bond motifs is 1. The monoisotopic (exact) mass is 372 g/mol. The molecular weight excluding hydrogens is 352 g/mol. The lowest BCUT2D eigenvalue weighted by Gasteiger charge is -2.31. The van der Waals surface area contributed by atoms with Gasteiger partial charge >= 0.3 is 11.9 Å². The van der Waals surface area contributed by atoms with Gasteiger partial charge in [-0.3, -0.25) is 4.79 Å². The smallest absolute Gasteiger partial charge is 0.355 e. The van der Waals surface area contributed by atoms with Gasteiger partial charge in [-0.05, 0) is 31.2 Å². The first-order chi connectivity index (χ1) is 12.9. The predicted molar refractivity (Wildman–Crippen MR) is 98.3 cm³/mol. The van der Waals surface area contributed by atoms with E-state index in [1.54, 1.807) is 41.6 Å². The number of carbonyl (C=O) groups excluding carboxylic acids is 2. The molecule has 8 nitrogen and oxygen atoms in total. The first-order valence-electron chi connectivity index (χ1n) is 8.24. The molecule has 0 spiro atoms. The number of benzene rings is 1. The van der Waals surface area contributed by atoms with Crippen LogP contribution in [0.1, 0.15) is 5.56 Å². The first-order valence-corrected chi connectivity index (χ1v) is 8.24. The Bertz CT molecular complexity index is 1020. The number of ether oxygens (including phenoxy) is 3. The summed E-state index contributed by atoms with van der Waals surface area (Å²) in [5.41, 5.74) is 2.09. The number of rotatable bonds is 3. The molecule has 0 saturated heterocycles. The Hall–Kier alpha value is -3.13. The van der Waals surface area contributed by atoms with Crippen LogP contribution in [0.2, 0.25) is 0 Å². The van der Waals surface area contributed by atoms with Crippen molar-refractivity contribution in [2.45, 2.75) is 6.92 Å². The summed E-state index contributed by atoms with van der Waals surface area (Å²) in [6.07, 6.45) is 0. The van der Waals surface area contributed by atoms with E-state index in [4.69, 9.17) is 14.2 Å². The Morgan fingerprint density at radius 1 is 1.11 bits per heavy atom. The normalized spacial score (nSPS) is 14.4. The molecule has 1 aliphatic rings. The molecule has 0 radical (unpaired) electrons. The van der Waals surface area contributed by atoms with Crippen molar-refractivity contribution in [3.8, 4) is 0 Å². The molecular formula is C19H20N2O6. The van der Waals surface area contributed by atoms with Crippen LogP contribution in [0.15, 0.2) is 40.3 Å². The predicted octanol–water partition coefficient (Wildman–Crippen LogP) is 1.24. The lowest BCUT2D eigenvalue weighted by molar-refractivity contribution is -0.140. The van der Waals surface area contributed by atoms with Gasteiger partial charge in [0.25, 0.3) is 5.56 Å². The number of nitrogens with zero attached hydrogens (tertiary/aromatic N) is 2. The molecule has 8 heteroatoms. The Kier molecular flexibility index (Phi) is 5.00. The zero-order valence-electron chi connectivity index (χ0n) is 15.6. The van der Waals surface area contributed by atoms with Gasteiger partial charge in [0.05, 0.1) is 31.9 Å². The highest BCUT2D eigenvalue weighted by molar-refractivity contribution is 6.03. The Balaban J connectivity index is 2.18. The maximum Gasteiger partial charge on any atom is 0.355 e. The minimum absolute atomic E-state index is 0.0468. The molecule has 0 unspecified atom stereocenters. The topological polar surface area (TPSA) is 87.1 Å². The van der Waals surface area contributed by atoms with Crippen molar-refractivity contribution in [3.63, 3.8) is 0 Å². The van der Waals surface area contributed by atoms with Gasteiger partial charge in [-0.25, -0.2) is 9.59 Å². The summed E-state index contributed by atoms with van der Waals surface area (Å²) in [7, 11) is 4.19. The average molecular weight is 372 g/mol. The molecule has 0 N–H and O–H groups in total. The van der Waals surface area contributed by atoms with E-state index in [9.17, 15) is 14.4 Å². The Morgan fingerprint density at radius 3 is 2.48 bits per heavy atom. The van der Waals surface area contributed by atoms with Crippen molar-refractivity contribution in [3.05, 3.63) is 51.5 Å². The number of hydrogen-bond acceptors (Lipinski definition) is 7. The number of anilines is 1. The standard InChI is InChI=1S/C19H20N2O6/c1-11-7-12-8-13(5-6-15(12)20(2)17(11)22)21-10-27-9-14(18(23)25-3)16(21)19(24)26-4/h5-8H,9-10H2,1-4H3. The number of carbonyl (C=O) groups is 2. The fourth-order valence-electron chi connectivity index (χ4n) is 3.15. The van der Waals surface area contributed by atoms with Gasteiger partial charge in [0.1, 0.15) is 12.4 Å². The highest BCUT2D eigenvalue weighted by atomic mass is 16.5. The van der Waals surface area contributed by atoms with E-state index in [0.29, 0.717) is 11.3 Å². The minimum Gasteiger partial charge on any atom is -0.466 e. The zero-order chi connectivity index (χ0) is 19.7. The molecule has 27 heavy (non-hydrogen) atoms. The summed E-state index contributed by atoms with van der Waals surface area (Å²) in [5.74, 6) is -1.31. The Labute approximate surface area is 155 Å². The maximum absolute atomic E-state index is 12.4. The SMILES string of the molecule is COC(=O)C1=C(C(=O)OC)N(c2ccc3c(c2)cc(C)c(=O)n3C)COC1. The molecule has 0 atom stereocenters. The highest BCUT2D eigenvalue weighted by Crippen LogP contribution is 2.29. The van der Waals surface area contributed by atoms with Crippen molar-refractivity contribution in [2.75, 3.05) is 32.5 Å². The van der Waals surface area contributed by atoms with Crippen LogP contribution in [0.3, 0.4) is 0 Å². The Morgan fingerprint density at radius 2 is 1.81 bits per heavy atom. The fraction of sp³-hybridized carbons (Fsp3) is 0.316. The van der Waals surface area contributed by atoms with Crippen LogP contribution in [0.25, 0.3) is 10.9 Å². The lowest BCUT2D eigenvalue weighted by atomic mass is 10.1. The minimum atomic E-state index is -0.657. The zero-order valence-corrected chi connectivity index (χ0v) is 15.6. The molecule has 0 aliphatic carbocycles. The van der Waals surface area contributed by atoms with Crippen LogP contribution in [0, 0.1) is 6.92 Å². The van der Waals surface area contributed by atoms with Crippen molar-refractivity contribution in [1.29, 1.82) is 0 Å². The molecule has 0 amide bonds. The summed E-state index contributed by atoms with van der Waals surface area (Å²) in [5, 5.41) is 0.821. The number of esters is 2. The largest absolute Gasteiger partial charge is 0.466 e. The molecule has 1 aromatic carbocycles. The number of aryl methyl sites for hydroxylation is 2. The third-order valence-corrected chi connectivity index (χ3v) is 4.53. The van der Waals surface area contributed by atoms with E-state index < -0.39 is 11.9 Å². The van der Waals surface area contributed by atoms with Gasteiger partial charge in [0.2, 0.25) is 0 Å². The quantitative estimate of drug-likeness (QED) is 0.749. The summed E-state index contributed by atoms with van der Waals surface area (Å²) < 4.78 is 16.7. The molecule has 0 bridgehead atoms. The van der Waals surface area contributed by atoms with Gasteiger partial charge in [-0.1, -0.05) is 0 Å². The van der Waals surface area contributed by atoms with Crippen molar-refractivity contribution in [2.24, 2.45) is 7.05 Å². The third-order valence-electron chi connectivity index (χ3n) is 4.53. The average Bonchev–Trinajstić information content (AvgIpc) is 2.69. The summed E-state index contributed by atoms with van der Waals surface area (Å²) in [4.78, 5) is 38.1. The molecule has 142 valence electrons. The summed E-state index contributed by atoms with van der Waals surface area (Å²) in [6.45, 7) is 1.77. The third kappa shape index (κ3) is 3.19. The molecule has 0 saturated carbocycles. The van der Waals surface area contributed by atoms with Gasteiger partial charge in [0.15, 0.2) is 0 Å². The number of pyridine rings is 1. The van der Waals surface area contributed by atoms with Crippen LogP contribution in [-0.2, 0) is 30.8 Å². The van der Waals surface area contributed by atoms with E-state index in [1.807, 2.05) is 6.07 Å². The van der Waals surface area contributed by atoms with E-state index in [0.717, 1.165) is 10.9 Å². The second kappa shape index (κ2) is 7.24. The fourth-order valence-corrected chi connectivity index (χ4v) is 3.15. The van der Waals surface area contributed by atoms with Crippen LogP contribution < -0.4 is 10.5 Å². The van der Waals surface area contributed by atoms with Crippen molar-refractivity contribution < 1.29 is 23.8 Å². The van der Waals surface area contributed by atoms with Crippen molar-refractivity contribution in [1.82, 2.24) is 4.57 Å². The molecule has 2 heterocycles. The van der Waals surface area contributed by atoms with Gasteiger partial charge in [-0.2, -0.15) is 0 Å². The number of hydrogen-bond donors (Lipinski definition) is 0. The number of methoxy groups -OCH3 is 2. The van der Waals surface area contributed by atoms with Crippen LogP contribution in [0.4, 0.5) is 5.69 Å². The van der Waals surface area contributed by atoms with Crippen molar-refractivity contribution >= 4 is 28.5 Å².